The van der Waals surface area contributed by atoms with Crippen LogP contribution in [0.5, 0.6) is 0 Å². The molecule has 0 aromatic carbocycles. The molecule has 96 valence electrons. The third-order valence-corrected chi connectivity index (χ3v) is 2.40. The summed E-state index contributed by atoms with van der Waals surface area (Å²) in [6, 6.07) is 3.91. The van der Waals surface area contributed by atoms with Crippen LogP contribution in [0.1, 0.15) is 22.8 Å². The highest BCUT2D eigenvalue weighted by Crippen LogP contribution is 1.94. The quantitative estimate of drug-likeness (QED) is 0.725. The second-order valence-corrected chi connectivity index (χ2v) is 4.79. The molecule has 2 heterocycles. The van der Waals surface area contributed by atoms with Gasteiger partial charge in [-0.3, -0.25) is 0 Å². The third-order valence-electron chi connectivity index (χ3n) is 2.01. The molecule has 4 nitrogen and oxygen atoms in total. The molecular weight excluding hydrogens is 264 g/mol. The molecule has 0 aliphatic heterocycles. The van der Waals surface area contributed by atoms with E-state index in [1.807, 2.05) is 39.8 Å². The molecular formula is C12H16N4S2. The fraction of sp³-hybridized carbons (Fsp3) is 0.333. The Bertz CT molecular complexity index is 539. The standard InChI is InChI=1S/2C6H8N2S/c2*1-4-3-5(2)8-6(9)7-4/h2*3H,1-2H3,(H,7,8,9). The van der Waals surface area contributed by atoms with Crippen LogP contribution in [-0.4, -0.2) is 19.9 Å². The van der Waals surface area contributed by atoms with Crippen LogP contribution >= 0.6 is 24.4 Å². The number of rotatable bonds is 0. The van der Waals surface area contributed by atoms with Crippen LogP contribution in [-0.2, 0) is 0 Å². The van der Waals surface area contributed by atoms with Gasteiger partial charge < -0.3 is 9.97 Å². The van der Waals surface area contributed by atoms with Crippen LogP contribution in [0.3, 0.4) is 0 Å². The van der Waals surface area contributed by atoms with Crippen molar-refractivity contribution in [3.05, 3.63) is 44.5 Å². The summed E-state index contributed by atoms with van der Waals surface area (Å²) in [7, 11) is 0. The van der Waals surface area contributed by atoms with Crippen molar-refractivity contribution in [2.75, 3.05) is 0 Å². The first-order valence-electron chi connectivity index (χ1n) is 5.46. The maximum atomic E-state index is 4.82. The molecule has 2 aromatic rings. The van der Waals surface area contributed by atoms with Crippen LogP contribution in [0.25, 0.3) is 0 Å². The Morgan fingerprint density at radius 2 is 1.11 bits per heavy atom. The Morgan fingerprint density at radius 3 is 1.33 bits per heavy atom. The molecule has 18 heavy (non-hydrogen) atoms. The average Bonchev–Trinajstić information content (AvgIpc) is 2.12. The number of aryl methyl sites for hydroxylation is 4. The molecule has 0 amide bonds. The van der Waals surface area contributed by atoms with Crippen molar-refractivity contribution in [1.29, 1.82) is 0 Å². The zero-order valence-corrected chi connectivity index (χ0v) is 12.5. The highest BCUT2D eigenvalue weighted by Gasteiger charge is 1.86. The lowest BCUT2D eigenvalue weighted by atomic mass is 10.4. The van der Waals surface area contributed by atoms with E-state index in [9.17, 15) is 0 Å². The smallest absolute Gasteiger partial charge is 0.197 e. The zero-order chi connectivity index (χ0) is 13.7. The Morgan fingerprint density at radius 1 is 0.778 bits per heavy atom. The summed E-state index contributed by atoms with van der Waals surface area (Å²) >= 11 is 9.64. The van der Waals surface area contributed by atoms with E-state index in [2.05, 4.69) is 19.9 Å². The third kappa shape index (κ3) is 5.29. The van der Waals surface area contributed by atoms with Crippen LogP contribution in [0.2, 0.25) is 0 Å². The number of H-pyrrole nitrogens is 2. The van der Waals surface area contributed by atoms with Gasteiger partial charge in [0.1, 0.15) is 0 Å². The number of nitrogens with zero attached hydrogens (tertiary/aromatic N) is 2. The van der Waals surface area contributed by atoms with E-state index in [-0.39, 0.29) is 0 Å². The van der Waals surface area contributed by atoms with Crippen molar-refractivity contribution in [1.82, 2.24) is 19.9 Å². The first-order valence-corrected chi connectivity index (χ1v) is 6.27. The van der Waals surface area contributed by atoms with Gasteiger partial charge in [0.15, 0.2) is 9.54 Å². The maximum Gasteiger partial charge on any atom is 0.197 e. The molecule has 0 bridgehead atoms. The Labute approximate surface area is 117 Å². The lowest BCUT2D eigenvalue weighted by Crippen LogP contribution is -1.87. The number of hydrogen-bond acceptors (Lipinski definition) is 4. The Balaban J connectivity index is 0.000000180. The van der Waals surface area contributed by atoms with E-state index in [1.165, 1.54) is 0 Å². The summed E-state index contributed by atoms with van der Waals surface area (Å²) in [5.74, 6) is 0. The van der Waals surface area contributed by atoms with E-state index in [0.717, 1.165) is 22.8 Å². The molecule has 0 unspecified atom stereocenters. The van der Waals surface area contributed by atoms with Crippen molar-refractivity contribution in [3.63, 3.8) is 0 Å². The molecule has 0 saturated heterocycles. The van der Waals surface area contributed by atoms with Gasteiger partial charge in [0, 0.05) is 22.8 Å². The molecule has 2 N–H and O–H groups in total. The number of hydrogen-bond donors (Lipinski definition) is 2. The van der Waals surface area contributed by atoms with Crippen LogP contribution in [0.15, 0.2) is 12.1 Å². The van der Waals surface area contributed by atoms with E-state index in [1.54, 1.807) is 0 Å². The van der Waals surface area contributed by atoms with E-state index >= 15 is 0 Å². The van der Waals surface area contributed by atoms with Crippen LogP contribution < -0.4 is 0 Å². The van der Waals surface area contributed by atoms with E-state index in [0.29, 0.717) is 9.54 Å². The molecule has 2 rings (SSSR count). The average molecular weight is 280 g/mol. The second-order valence-electron chi connectivity index (χ2n) is 4.02. The molecule has 0 aliphatic carbocycles. The first-order chi connectivity index (χ1) is 8.36. The van der Waals surface area contributed by atoms with Gasteiger partial charge in [0.25, 0.3) is 0 Å². The number of aromatic nitrogens is 4. The monoisotopic (exact) mass is 280 g/mol. The molecule has 0 aliphatic rings. The Kier molecular flexibility index (Phi) is 5.30. The van der Waals surface area contributed by atoms with Crippen molar-refractivity contribution in [3.8, 4) is 0 Å². The fourth-order valence-electron chi connectivity index (χ4n) is 1.48. The fourth-order valence-corrected chi connectivity index (χ4v) is 2.09. The highest BCUT2D eigenvalue weighted by molar-refractivity contribution is 7.71. The lowest BCUT2D eigenvalue weighted by Gasteiger charge is -1.92. The van der Waals surface area contributed by atoms with Gasteiger partial charge in [-0.2, -0.15) is 0 Å². The molecule has 0 atom stereocenters. The number of nitrogens with one attached hydrogen (secondary N) is 2. The highest BCUT2D eigenvalue weighted by atomic mass is 32.1. The van der Waals surface area contributed by atoms with Gasteiger partial charge in [-0.1, -0.05) is 0 Å². The molecule has 0 saturated carbocycles. The van der Waals surface area contributed by atoms with Crippen molar-refractivity contribution in [2.45, 2.75) is 27.7 Å². The van der Waals surface area contributed by atoms with Crippen molar-refractivity contribution < 1.29 is 0 Å². The van der Waals surface area contributed by atoms with Crippen molar-refractivity contribution >= 4 is 24.4 Å². The summed E-state index contributed by atoms with van der Waals surface area (Å²) in [5.41, 5.74) is 4.06. The minimum absolute atomic E-state index is 0.563. The Hall–Kier alpha value is -1.40. The summed E-state index contributed by atoms with van der Waals surface area (Å²) < 4.78 is 1.13. The normalized spacial score (nSPS) is 9.56. The molecule has 0 fully saturated rings. The summed E-state index contributed by atoms with van der Waals surface area (Å²) in [6.45, 7) is 7.78. The molecule has 0 radical (unpaired) electrons. The van der Waals surface area contributed by atoms with Gasteiger partial charge in [-0.15, -0.1) is 0 Å². The van der Waals surface area contributed by atoms with Gasteiger partial charge in [-0.25, -0.2) is 9.97 Å². The van der Waals surface area contributed by atoms with E-state index in [4.69, 9.17) is 24.4 Å². The minimum atomic E-state index is 0.563. The van der Waals surface area contributed by atoms with E-state index < -0.39 is 0 Å². The van der Waals surface area contributed by atoms with Crippen molar-refractivity contribution in [2.24, 2.45) is 0 Å². The minimum Gasteiger partial charge on any atom is -0.335 e. The van der Waals surface area contributed by atoms with Crippen LogP contribution in [0.4, 0.5) is 0 Å². The second kappa shape index (κ2) is 6.51. The van der Waals surface area contributed by atoms with Gasteiger partial charge in [0.05, 0.1) is 0 Å². The summed E-state index contributed by atoms with van der Waals surface area (Å²) in [4.78, 5) is 13.8. The lowest BCUT2D eigenvalue weighted by molar-refractivity contribution is 1.03. The first kappa shape index (κ1) is 14.7. The predicted octanol–water partition coefficient (Wildman–Crippen LogP) is 3.51. The van der Waals surface area contributed by atoms with Gasteiger partial charge in [-0.05, 0) is 64.3 Å². The van der Waals surface area contributed by atoms with Gasteiger partial charge in [0.2, 0.25) is 0 Å². The molecule has 2 aromatic heterocycles. The maximum absolute atomic E-state index is 4.82. The largest absolute Gasteiger partial charge is 0.335 e. The number of aromatic amines is 2. The topological polar surface area (TPSA) is 57.4 Å². The molecule has 6 heteroatoms. The molecule has 0 spiro atoms. The predicted molar refractivity (Wildman–Crippen MR) is 77.8 cm³/mol. The van der Waals surface area contributed by atoms with Gasteiger partial charge >= 0.3 is 0 Å². The summed E-state index contributed by atoms with van der Waals surface area (Å²) in [6.07, 6.45) is 0. The van der Waals surface area contributed by atoms with Crippen LogP contribution in [0, 0.1) is 37.2 Å². The SMILES string of the molecule is Cc1cc(C)[nH]c(=S)n1.Cc1cc(C)[nH]c(=S)n1. The zero-order valence-electron chi connectivity index (χ0n) is 10.9. The summed E-state index contributed by atoms with van der Waals surface area (Å²) in [5, 5.41) is 0.